The van der Waals surface area contributed by atoms with Crippen LogP contribution in [0.25, 0.3) is 0 Å². The van der Waals surface area contributed by atoms with Crippen molar-refractivity contribution in [3.63, 3.8) is 0 Å². The molecule has 1 heterocycles. The fraction of sp³-hybridized carbons (Fsp3) is 0.500. The number of hydrogen-bond donors (Lipinski definition) is 3. The molecule has 13 nitrogen and oxygen atoms in total. The monoisotopic (exact) mass is 494 g/mol. The van der Waals surface area contributed by atoms with Crippen LogP contribution in [-0.2, 0) is 18.9 Å². The summed E-state index contributed by atoms with van der Waals surface area (Å²) in [6.07, 6.45) is -3.23. The summed E-state index contributed by atoms with van der Waals surface area (Å²) in [4.78, 5) is 51.4. The number of nitrogens with one attached hydrogen (secondary N) is 3. The molecular formula is C22H30N4O9. The van der Waals surface area contributed by atoms with E-state index in [4.69, 9.17) is 14.2 Å². The molecular weight excluding hydrogens is 464 g/mol. The SMILES string of the molecule is CC(C)(C)OC(=O)NC(=Nc1ccc(OC(=O)NC2COC(=O)OC2)cc1)NC(=O)OC(C)(C)C. The van der Waals surface area contributed by atoms with E-state index >= 15 is 0 Å². The molecule has 0 unspecified atom stereocenters. The standard InChI is InChI=1S/C22H30N4O9/c1-21(2,3)34-18(28)25-16(26-19(29)35-22(4,5)6)23-13-7-9-15(10-8-13)33-17(27)24-14-11-31-20(30)32-12-14/h7-10,14H,11-12H2,1-6H3,(H,24,27)(H2,23,25,26,28,29). The van der Waals surface area contributed by atoms with E-state index in [2.05, 4.69) is 30.4 Å². The number of ether oxygens (including phenoxy) is 5. The van der Waals surface area contributed by atoms with Gasteiger partial charge in [-0.1, -0.05) is 0 Å². The highest BCUT2D eigenvalue weighted by atomic mass is 16.7. The van der Waals surface area contributed by atoms with Gasteiger partial charge in [0.05, 0.1) is 5.69 Å². The van der Waals surface area contributed by atoms with Gasteiger partial charge in [-0.2, -0.15) is 0 Å². The van der Waals surface area contributed by atoms with Crippen LogP contribution < -0.4 is 20.7 Å². The van der Waals surface area contributed by atoms with Crippen LogP contribution in [0, 0.1) is 0 Å². The Morgan fingerprint density at radius 2 is 1.34 bits per heavy atom. The van der Waals surface area contributed by atoms with Crippen molar-refractivity contribution in [3.05, 3.63) is 24.3 Å². The van der Waals surface area contributed by atoms with E-state index in [9.17, 15) is 19.2 Å². The molecule has 0 bridgehead atoms. The Labute approximate surface area is 202 Å². The average Bonchev–Trinajstić information content (AvgIpc) is 2.68. The molecule has 1 fully saturated rings. The summed E-state index contributed by atoms with van der Waals surface area (Å²) in [5.41, 5.74) is -1.23. The summed E-state index contributed by atoms with van der Waals surface area (Å²) in [7, 11) is 0. The largest absolute Gasteiger partial charge is 0.508 e. The number of alkyl carbamates (subject to hydrolysis) is 2. The van der Waals surface area contributed by atoms with Crippen molar-refractivity contribution >= 4 is 36.1 Å². The van der Waals surface area contributed by atoms with Crippen molar-refractivity contribution < 1.29 is 42.9 Å². The summed E-state index contributed by atoms with van der Waals surface area (Å²) in [5.74, 6) is -0.0383. The van der Waals surface area contributed by atoms with Gasteiger partial charge in [-0.15, -0.1) is 0 Å². The van der Waals surface area contributed by atoms with Crippen molar-refractivity contribution in [1.29, 1.82) is 0 Å². The Balaban J connectivity index is 2.05. The molecule has 0 aliphatic carbocycles. The van der Waals surface area contributed by atoms with Crippen LogP contribution >= 0.6 is 0 Å². The summed E-state index contributed by atoms with van der Waals surface area (Å²) in [6, 6.07) is 5.34. The highest BCUT2D eigenvalue weighted by Crippen LogP contribution is 2.18. The van der Waals surface area contributed by atoms with Gasteiger partial charge in [0.15, 0.2) is 0 Å². The van der Waals surface area contributed by atoms with Gasteiger partial charge in [-0.3, -0.25) is 10.6 Å². The fourth-order valence-corrected chi connectivity index (χ4v) is 2.42. The molecule has 13 heteroatoms. The number of amides is 3. The predicted octanol–water partition coefficient (Wildman–Crippen LogP) is 3.35. The van der Waals surface area contributed by atoms with Gasteiger partial charge in [0.2, 0.25) is 5.96 Å². The zero-order valence-electron chi connectivity index (χ0n) is 20.4. The van der Waals surface area contributed by atoms with Gasteiger partial charge in [0, 0.05) is 0 Å². The van der Waals surface area contributed by atoms with Crippen LogP contribution in [0.2, 0.25) is 0 Å². The number of carbonyl (C=O) groups excluding carboxylic acids is 4. The van der Waals surface area contributed by atoms with Crippen LogP contribution in [0.15, 0.2) is 29.3 Å². The lowest BCUT2D eigenvalue weighted by Gasteiger charge is -2.22. The van der Waals surface area contributed by atoms with Gasteiger partial charge in [-0.25, -0.2) is 24.2 Å². The quantitative estimate of drug-likeness (QED) is 0.247. The molecule has 35 heavy (non-hydrogen) atoms. The maximum Gasteiger partial charge on any atom is 0.508 e. The number of benzene rings is 1. The van der Waals surface area contributed by atoms with Gasteiger partial charge in [0.1, 0.15) is 36.2 Å². The molecule has 1 aromatic rings. The fourth-order valence-electron chi connectivity index (χ4n) is 2.42. The minimum atomic E-state index is -0.832. The maximum atomic E-state index is 12.2. The summed E-state index contributed by atoms with van der Waals surface area (Å²) in [6.45, 7) is 10.1. The average molecular weight is 495 g/mol. The van der Waals surface area contributed by atoms with Crippen molar-refractivity contribution in [2.75, 3.05) is 13.2 Å². The molecule has 1 aliphatic rings. The Hall–Kier alpha value is -4.03. The van der Waals surface area contributed by atoms with Crippen LogP contribution in [0.3, 0.4) is 0 Å². The minimum Gasteiger partial charge on any atom is -0.444 e. The predicted molar refractivity (Wildman–Crippen MR) is 123 cm³/mol. The first kappa shape index (κ1) is 27.2. The summed E-state index contributed by atoms with van der Waals surface area (Å²) < 4.78 is 24.9. The number of hydrogen-bond acceptors (Lipinski definition) is 10. The normalized spacial score (nSPS) is 13.9. The highest BCUT2D eigenvalue weighted by molar-refractivity contribution is 6.02. The van der Waals surface area contributed by atoms with E-state index in [0.717, 1.165) is 0 Å². The van der Waals surface area contributed by atoms with Gasteiger partial charge in [-0.05, 0) is 65.8 Å². The van der Waals surface area contributed by atoms with E-state index in [-0.39, 0.29) is 24.9 Å². The first-order valence-corrected chi connectivity index (χ1v) is 10.7. The number of cyclic esters (lactones) is 2. The molecule has 0 radical (unpaired) electrons. The zero-order chi connectivity index (χ0) is 26.2. The Bertz CT molecular complexity index is 921. The molecule has 1 aliphatic heterocycles. The topological polar surface area (TPSA) is 163 Å². The number of guanidine groups is 1. The zero-order valence-corrected chi connectivity index (χ0v) is 20.4. The van der Waals surface area contributed by atoms with Crippen molar-refractivity contribution in [1.82, 2.24) is 16.0 Å². The molecule has 0 atom stereocenters. The Morgan fingerprint density at radius 3 is 1.80 bits per heavy atom. The first-order chi connectivity index (χ1) is 16.2. The minimum absolute atomic E-state index is 0.0281. The van der Waals surface area contributed by atoms with E-state index in [1.54, 1.807) is 41.5 Å². The van der Waals surface area contributed by atoms with Crippen LogP contribution in [0.4, 0.5) is 24.9 Å². The third-order valence-corrected chi connectivity index (χ3v) is 3.65. The summed E-state index contributed by atoms with van der Waals surface area (Å²) in [5, 5.41) is 7.24. The number of carbonyl (C=O) groups is 4. The maximum absolute atomic E-state index is 12.2. The molecule has 192 valence electrons. The van der Waals surface area contributed by atoms with Crippen LogP contribution in [0.1, 0.15) is 41.5 Å². The molecule has 2 rings (SSSR count). The van der Waals surface area contributed by atoms with E-state index in [0.29, 0.717) is 5.69 Å². The molecule has 3 amide bonds. The lowest BCUT2D eigenvalue weighted by Crippen LogP contribution is -2.47. The third-order valence-electron chi connectivity index (χ3n) is 3.65. The molecule has 1 aromatic carbocycles. The molecule has 0 aromatic heterocycles. The lowest BCUT2D eigenvalue weighted by atomic mass is 10.2. The van der Waals surface area contributed by atoms with Gasteiger partial charge in [0.25, 0.3) is 0 Å². The lowest BCUT2D eigenvalue weighted by molar-refractivity contribution is 0.00189. The van der Waals surface area contributed by atoms with E-state index < -0.39 is 41.7 Å². The van der Waals surface area contributed by atoms with Gasteiger partial charge < -0.3 is 29.0 Å². The number of aliphatic imine (C=N–C) groups is 1. The molecule has 3 N–H and O–H groups in total. The Kier molecular flexibility index (Phi) is 8.87. The van der Waals surface area contributed by atoms with Crippen molar-refractivity contribution in [3.8, 4) is 5.75 Å². The second-order valence-corrected chi connectivity index (χ2v) is 9.31. The molecule has 1 saturated heterocycles. The summed E-state index contributed by atoms with van der Waals surface area (Å²) >= 11 is 0. The van der Waals surface area contributed by atoms with Crippen LogP contribution in [0.5, 0.6) is 5.75 Å². The Morgan fingerprint density at radius 1 is 0.857 bits per heavy atom. The van der Waals surface area contributed by atoms with Crippen molar-refractivity contribution in [2.24, 2.45) is 4.99 Å². The second-order valence-electron chi connectivity index (χ2n) is 9.31. The van der Waals surface area contributed by atoms with E-state index in [1.165, 1.54) is 24.3 Å². The first-order valence-electron chi connectivity index (χ1n) is 10.7. The van der Waals surface area contributed by atoms with Crippen molar-refractivity contribution in [2.45, 2.75) is 58.8 Å². The highest BCUT2D eigenvalue weighted by Gasteiger charge is 2.24. The van der Waals surface area contributed by atoms with E-state index in [1.807, 2.05) is 0 Å². The third kappa shape index (κ3) is 11.1. The number of rotatable bonds is 3. The smallest absolute Gasteiger partial charge is 0.444 e. The molecule has 0 saturated carbocycles. The number of nitrogens with zero attached hydrogens (tertiary/aromatic N) is 1. The van der Waals surface area contributed by atoms with Crippen LogP contribution in [-0.4, -0.2) is 60.9 Å². The molecule has 0 spiro atoms. The second kappa shape index (κ2) is 11.4. The van der Waals surface area contributed by atoms with Gasteiger partial charge >= 0.3 is 24.4 Å².